The molecule has 0 spiro atoms. The van der Waals surface area contributed by atoms with Crippen molar-refractivity contribution in [2.45, 2.75) is 26.1 Å². The number of benzene rings is 1. The van der Waals surface area contributed by atoms with E-state index < -0.39 is 4.92 Å². The van der Waals surface area contributed by atoms with Crippen molar-refractivity contribution in [1.82, 2.24) is 15.0 Å². The van der Waals surface area contributed by atoms with E-state index in [4.69, 9.17) is 9.47 Å². The molecule has 9 nitrogen and oxygen atoms in total. The average molecular weight is 381 g/mol. The molecule has 4 rings (SSSR count). The number of hydrogen-bond donors (Lipinski definition) is 0. The van der Waals surface area contributed by atoms with Crippen molar-refractivity contribution >= 4 is 22.4 Å². The second-order valence-electron chi connectivity index (χ2n) is 6.73. The summed E-state index contributed by atoms with van der Waals surface area (Å²) < 4.78 is 11.5. The Kier molecular flexibility index (Phi) is 4.74. The molecule has 1 aliphatic heterocycles. The van der Waals surface area contributed by atoms with Gasteiger partial charge in [-0.3, -0.25) is 15.1 Å². The van der Waals surface area contributed by atoms with Gasteiger partial charge in [-0.15, -0.1) is 0 Å². The zero-order valence-corrected chi connectivity index (χ0v) is 15.5. The molecule has 1 saturated heterocycles. The number of hydrogen-bond acceptors (Lipinski definition) is 8. The van der Waals surface area contributed by atoms with E-state index in [-0.39, 0.29) is 29.6 Å². The molecule has 0 amide bonds. The molecule has 0 aliphatic carbocycles. The lowest BCUT2D eigenvalue weighted by Crippen LogP contribution is -2.46. The molecule has 0 radical (unpaired) electrons. The minimum Gasteiger partial charge on any atom is -0.434 e. The Morgan fingerprint density at radius 2 is 1.96 bits per heavy atom. The SMILES string of the molecule is CC1CN(c2ncnc(Oc3ccc4ncccc4c3)c2[N+](=O)[O-])CC(C)O1. The Hall–Kier alpha value is -3.33. The van der Waals surface area contributed by atoms with Crippen LogP contribution < -0.4 is 9.64 Å². The third-order valence-corrected chi connectivity index (χ3v) is 4.46. The van der Waals surface area contributed by atoms with Crippen molar-refractivity contribution in [2.24, 2.45) is 0 Å². The second kappa shape index (κ2) is 7.35. The number of nitrogens with zero attached hydrogens (tertiary/aromatic N) is 5. The molecule has 144 valence electrons. The fourth-order valence-corrected chi connectivity index (χ4v) is 3.40. The van der Waals surface area contributed by atoms with E-state index in [0.29, 0.717) is 18.8 Å². The van der Waals surface area contributed by atoms with Crippen LogP contribution in [-0.4, -0.2) is 45.2 Å². The molecule has 28 heavy (non-hydrogen) atoms. The molecule has 0 bridgehead atoms. The van der Waals surface area contributed by atoms with Gasteiger partial charge in [0, 0.05) is 24.7 Å². The number of pyridine rings is 1. The first-order valence-corrected chi connectivity index (χ1v) is 8.93. The lowest BCUT2D eigenvalue weighted by atomic mass is 10.2. The minimum atomic E-state index is -0.502. The first-order chi connectivity index (χ1) is 13.5. The normalized spacial score (nSPS) is 19.6. The van der Waals surface area contributed by atoms with E-state index in [1.165, 1.54) is 6.33 Å². The summed E-state index contributed by atoms with van der Waals surface area (Å²) in [5.74, 6) is 0.585. The van der Waals surface area contributed by atoms with E-state index in [1.54, 1.807) is 24.4 Å². The molecule has 2 atom stereocenters. The van der Waals surface area contributed by atoms with Crippen LogP contribution in [0.1, 0.15) is 13.8 Å². The Bertz CT molecular complexity index is 1020. The monoisotopic (exact) mass is 381 g/mol. The number of aromatic nitrogens is 3. The van der Waals surface area contributed by atoms with Gasteiger partial charge in [0.05, 0.1) is 22.6 Å². The highest BCUT2D eigenvalue weighted by molar-refractivity contribution is 5.80. The van der Waals surface area contributed by atoms with Crippen molar-refractivity contribution in [2.75, 3.05) is 18.0 Å². The summed E-state index contributed by atoms with van der Waals surface area (Å²) in [6.07, 6.45) is 2.87. The molecular formula is C19H19N5O4. The zero-order chi connectivity index (χ0) is 19.7. The fraction of sp³-hybridized carbons (Fsp3) is 0.316. The molecule has 1 fully saturated rings. The molecule has 1 aliphatic rings. The lowest BCUT2D eigenvalue weighted by molar-refractivity contribution is -0.385. The summed E-state index contributed by atoms with van der Waals surface area (Å²) in [7, 11) is 0. The molecule has 2 aromatic heterocycles. The number of ether oxygens (including phenoxy) is 2. The second-order valence-corrected chi connectivity index (χ2v) is 6.73. The number of anilines is 1. The molecular weight excluding hydrogens is 362 g/mol. The van der Waals surface area contributed by atoms with Gasteiger partial charge < -0.3 is 14.4 Å². The van der Waals surface area contributed by atoms with Gasteiger partial charge in [-0.2, -0.15) is 4.98 Å². The van der Waals surface area contributed by atoms with Crippen LogP contribution in [-0.2, 0) is 4.74 Å². The molecule has 0 N–H and O–H groups in total. The van der Waals surface area contributed by atoms with Crippen LogP contribution >= 0.6 is 0 Å². The van der Waals surface area contributed by atoms with E-state index >= 15 is 0 Å². The largest absolute Gasteiger partial charge is 0.434 e. The quantitative estimate of drug-likeness (QED) is 0.501. The van der Waals surface area contributed by atoms with E-state index in [2.05, 4.69) is 15.0 Å². The van der Waals surface area contributed by atoms with Crippen molar-refractivity contribution in [3.63, 3.8) is 0 Å². The highest BCUT2D eigenvalue weighted by atomic mass is 16.6. The summed E-state index contributed by atoms with van der Waals surface area (Å²) in [5.41, 5.74) is 0.555. The van der Waals surface area contributed by atoms with Crippen LogP contribution in [0.15, 0.2) is 42.9 Å². The van der Waals surface area contributed by atoms with Crippen LogP contribution in [0.5, 0.6) is 11.6 Å². The van der Waals surface area contributed by atoms with Gasteiger partial charge in [0.15, 0.2) is 0 Å². The Balaban J connectivity index is 1.71. The summed E-state index contributed by atoms with van der Waals surface area (Å²) in [6, 6.07) is 8.99. The fourth-order valence-electron chi connectivity index (χ4n) is 3.40. The third-order valence-electron chi connectivity index (χ3n) is 4.46. The Morgan fingerprint density at radius 3 is 2.71 bits per heavy atom. The van der Waals surface area contributed by atoms with Gasteiger partial charge in [-0.05, 0) is 38.1 Å². The minimum absolute atomic E-state index is 0.0596. The van der Waals surface area contributed by atoms with Crippen LogP contribution in [0, 0.1) is 10.1 Å². The van der Waals surface area contributed by atoms with Crippen LogP contribution in [0.3, 0.4) is 0 Å². The molecule has 3 aromatic rings. The molecule has 3 heterocycles. The van der Waals surface area contributed by atoms with Gasteiger partial charge in [0.1, 0.15) is 12.1 Å². The first kappa shape index (κ1) is 18.1. The average Bonchev–Trinajstić information content (AvgIpc) is 2.67. The standard InChI is InChI=1S/C19H19N5O4/c1-12-9-23(10-13(2)27-12)18-17(24(25)26)19(22-11-21-18)28-15-5-6-16-14(8-15)4-3-7-20-16/h3-8,11-13H,9-10H2,1-2H3. The van der Waals surface area contributed by atoms with E-state index in [1.807, 2.05) is 30.9 Å². The predicted molar refractivity (Wildman–Crippen MR) is 103 cm³/mol. The van der Waals surface area contributed by atoms with Crippen LogP contribution in [0.4, 0.5) is 11.5 Å². The van der Waals surface area contributed by atoms with Crippen molar-refractivity contribution < 1.29 is 14.4 Å². The van der Waals surface area contributed by atoms with E-state index in [0.717, 1.165) is 10.9 Å². The molecule has 1 aromatic carbocycles. The van der Waals surface area contributed by atoms with Crippen molar-refractivity contribution in [1.29, 1.82) is 0 Å². The summed E-state index contributed by atoms with van der Waals surface area (Å²) in [5, 5.41) is 12.7. The first-order valence-electron chi connectivity index (χ1n) is 8.93. The van der Waals surface area contributed by atoms with Crippen LogP contribution in [0.25, 0.3) is 10.9 Å². The number of morpholine rings is 1. The number of nitro groups is 1. The topological polar surface area (TPSA) is 104 Å². The van der Waals surface area contributed by atoms with Gasteiger partial charge in [0.25, 0.3) is 0 Å². The van der Waals surface area contributed by atoms with Gasteiger partial charge >= 0.3 is 11.6 Å². The smallest absolute Gasteiger partial charge is 0.373 e. The Labute approximate surface area is 161 Å². The maximum absolute atomic E-state index is 11.8. The summed E-state index contributed by atoms with van der Waals surface area (Å²) >= 11 is 0. The van der Waals surface area contributed by atoms with Gasteiger partial charge in [-0.1, -0.05) is 6.07 Å². The Morgan fingerprint density at radius 1 is 1.18 bits per heavy atom. The highest BCUT2D eigenvalue weighted by Gasteiger charge is 2.32. The maximum Gasteiger partial charge on any atom is 0.373 e. The predicted octanol–water partition coefficient (Wildman–Crippen LogP) is 3.34. The van der Waals surface area contributed by atoms with Crippen molar-refractivity contribution in [3.8, 4) is 11.6 Å². The highest BCUT2D eigenvalue weighted by Crippen LogP contribution is 2.37. The maximum atomic E-state index is 11.8. The number of fused-ring (bicyclic) bond motifs is 1. The van der Waals surface area contributed by atoms with Crippen molar-refractivity contribution in [3.05, 3.63) is 53.0 Å². The summed E-state index contributed by atoms with van der Waals surface area (Å²) in [4.78, 5) is 25.6. The molecule has 0 saturated carbocycles. The van der Waals surface area contributed by atoms with Gasteiger partial charge in [-0.25, -0.2) is 4.98 Å². The third kappa shape index (κ3) is 3.56. The van der Waals surface area contributed by atoms with Crippen LogP contribution in [0.2, 0.25) is 0 Å². The molecule has 9 heteroatoms. The summed E-state index contributed by atoms with van der Waals surface area (Å²) in [6.45, 7) is 4.86. The molecule has 2 unspecified atom stereocenters. The number of rotatable bonds is 4. The van der Waals surface area contributed by atoms with Gasteiger partial charge in [0.2, 0.25) is 5.82 Å². The van der Waals surface area contributed by atoms with E-state index in [9.17, 15) is 10.1 Å². The zero-order valence-electron chi connectivity index (χ0n) is 15.5. The lowest BCUT2D eigenvalue weighted by Gasteiger charge is -2.35.